The van der Waals surface area contributed by atoms with Gasteiger partial charge in [0.25, 0.3) is 0 Å². The predicted molar refractivity (Wildman–Crippen MR) is 65.6 cm³/mol. The maximum atomic E-state index is 11.1. The van der Waals surface area contributed by atoms with Gasteiger partial charge in [-0.1, -0.05) is 24.3 Å². The van der Waals surface area contributed by atoms with E-state index >= 15 is 0 Å². The number of aliphatic hydroxyl groups excluding tert-OH is 2. The monoisotopic (exact) mass is 251 g/mol. The summed E-state index contributed by atoms with van der Waals surface area (Å²) in [7, 11) is 0. The Labute approximate surface area is 105 Å². The molecule has 2 atom stereocenters. The summed E-state index contributed by atoms with van der Waals surface area (Å²) in [5, 5.41) is 19.6. The highest BCUT2D eigenvalue weighted by Crippen LogP contribution is 2.23. The first kappa shape index (κ1) is 14.3. The summed E-state index contributed by atoms with van der Waals surface area (Å²) in [6, 6.07) is 6.76. The lowest BCUT2D eigenvalue weighted by molar-refractivity contribution is -0.122. The van der Waals surface area contributed by atoms with Crippen molar-refractivity contribution < 1.29 is 19.8 Å². The van der Waals surface area contributed by atoms with Gasteiger partial charge in [-0.3, -0.25) is 9.59 Å². The molecular weight excluding hydrogens is 234 g/mol. The zero-order valence-electron chi connectivity index (χ0n) is 10.2. The van der Waals surface area contributed by atoms with Crippen molar-refractivity contribution in [2.45, 2.75) is 32.0 Å². The average molecular weight is 251 g/mol. The van der Waals surface area contributed by atoms with Gasteiger partial charge in [-0.2, -0.15) is 0 Å². The number of carbonyl (C=O) groups is 2. The van der Waals surface area contributed by atoms with Crippen LogP contribution in [0.3, 0.4) is 0 Å². The Bertz CT molecular complexity index is 444. The Kier molecular flexibility index (Phi) is 5.00. The molecule has 98 valence electrons. The molecule has 1 rings (SSSR count). The second-order valence-electron chi connectivity index (χ2n) is 4.26. The van der Waals surface area contributed by atoms with Crippen LogP contribution in [0.5, 0.6) is 0 Å². The van der Waals surface area contributed by atoms with Crippen molar-refractivity contribution in [2.24, 2.45) is 5.73 Å². The highest BCUT2D eigenvalue weighted by molar-refractivity contribution is 5.78. The molecule has 0 aliphatic carbocycles. The molecule has 0 radical (unpaired) electrons. The van der Waals surface area contributed by atoms with E-state index in [1.165, 1.54) is 6.92 Å². The topological polar surface area (TPSA) is 101 Å². The van der Waals surface area contributed by atoms with Crippen LogP contribution in [0.2, 0.25) is 0 Å². The first-order valence-electron chi connectivity index (χ1n) is 5.63. The van der Waals surface area contributed by atoms with Gasteiger partial charge in [0.2, 0.25) is 5.91 Å². The number of aliphatic hydroxyl groups is 2. The predicted octanol–water partition coefficient (Wildman–Crippen LogP) is 0.0878. The third-order valence-corrected chi connectivity index (χ3v) is 2.59. The summed E-state index contributed by atoms with van der Waals surface area (Å²) < 4.78 is 0. The van der Waals surface area contributed by atoms with Crippen LogP contribution in [0, 0.1) is 0 Å². The van der Waals surface area contributed by atoms with Crippen molar-refractivity contribution in [3.05, 3.63) is 35.4 Å². The molecule has 1 aromatic rings. The number of carbonyl (C=O) groups excluding carboxylic acids is 2. The van der Waals surface area contributed by atoms with E-state index < -0.39 is 18.1 Å². The van der Waals surface area contributed by atoms with E-state index in [1.54, 1.807) is 24.3 Å². The number of ketones is 1. The quantitative estimate of drug-likeness (QED) is 0.666. The first-order chi connectivity index (χ1) is 8.41. The van der Waals surface area contributed by atoms with E-state index in [0.717, 1.165) is 0 Å². The zero-order valence-corrected chi connectivity index (χ0v) is 10.2. The molecule has 0 fully saturated rings. The van der Waals surface area contributed by atoms with Gasteiger partial charge in [0, 0.05) is 6.42 Å². The van der Waals surface area contributed by atoms with Gasteiger partial charge >= 0.3 is 0 Å². The van der Waals surface area contributed by atoms with Crippen molar-refractivity contribution in [3.8, 4) is 0 Å². The second kappa shape index (κ2) is 6.28. The summed E-state index contributed by atoms with van der Waals surface area (Å²) >= 11 is 0. The summed E-state index contributed by atoms with van der Waals surface area (Å²) in [6.45, 7) is 1.45. The van der Waals surface area contributed by atoms with Gasteiger partial charge in [0.15, 0.2) is 0 Å². The lowest BCUT2D eigenvalue weighted by Crippen LogP contribution is -2.26. The standard InChI is InChI=1S/C13H17NO4/c1-8(15)6-9-4-2-3-5-10(9)13(18)11(16)7-12(14)17/h2-5,11,13,16,18H,6-7H2,1H3,(H2,14,17). The molecule has 4 N–H and O–H groups in total. The van der Waals surface area contributed by atoms with E-state index in [-0.39, 0.29) is 18.6 Å². The van der Waals surface area contributed by atoms with Gasteiger partial charge in [0.1, 0.15) is 11.9 Å². The molecule has 0 aromatic heterocycles. The molecule has 0 aliphatic rings. The Hall–Kier alpha value is -1.72. The van der Waals surface area contributed by atoms with Crippen LogP contribution in [0.25, 0.3) is 0 Å². The number of rotatable bonds is 6. The number of primary amides is 1. The SMILES string of the molecule is CC(=O)Cc1ccccc1C(O)C(O)CC(N)=O. The van der Waals surface area contributed by atoms with Crippen LogP contribution in [0.1, 0.15) is 30.6 Å². The molecule has 0 heterocycles. The number of benzene rings is 1. The fraction of sp³-hybridized carbons (Fsp3) is 0.385. The van der Waals surface area contributed by atoms with Crippen LogP contribution in [0.4, 0.5) is 0 Å². The fourth-order valence-corrected chi connectivity index (χ4v) is 1.78. The molecule has 1 amide bonds. The van der Waals surface area contributed by atoms with Crippen LogP contribution in [-0.4, -0.2) is 28.0 Å². The van der Waals surface area contributed by atoms with Crippen molar-refractivity contribution in [1.82, 2.24) is 0 Å². The molecule has 5 heteroatoms. The maximum Gasteiger partial charge on any atom is 0.220 e. The van der Waals surface area contributed by atoms with Gasteiger partial charge < -0.3 is 15.9 Å². The molecule has 0 saturated carbocycles. The highest BCUT2D eigenvalue weighted by Gasteiger charge is 2.22. The van der Waals surface area contributed by atoms with Crippen molar-refractivity contribution >= 4 is 11.7 Å². The number of nitrogens with two attached hydrogens (primary N) is 1. The van der Waals surface area contributed by atoms with Gasteiger partial charge in [-0.25, -0.2) is 0 Å². The molecular formula is C13H17NO4. The number of amides is 1. The van der Waals surface area contributed by atoms with Crippen molar-refractivity contribution in [1.29, 1.82) is 0 Å². The third kappa shape index (κ3) is 3.94. The van der Waals surface area contributed by atoms with Crippen molar-refractivity contribution in [2.75, 3.05) is 0 Å². The lowest BCUT2D eigenvalue weighted by atomic mass is 9.94. The molecule has 5 nitrogen and oxygen atoms in total. The molecule has 0 saturated heterocycles. The number of hydrogen-bond acceptors (Lipinski definition) is 4. The summed E-state index contributed by atoms with van der Waals surface area (Å²) in [6.07, 6.45) is -2.64. The highest BCUT2D eigenvalue weighted by atomic mass is 16.3. The van der Waals surface area contributed by atoms with Crippen LogP contribution in [0.15, 0.2) is 24.3 Å². The molecule has 1 aromatic carbocycles. The lowest BCUT2D eigenvalue weighted by Gasteiger charge is -2.19. The Morgan fingerprint density at radius 1 is 1.28 bits per heavy atom. The maximum absolute atomic E-state index is 11.1. The zero-order chi connectivity index (χ0) is 13.7. The van der Waals surface area contributed by atoms with E-state index in [9.17, 15) is 19.8 Å². The normalized spacial score (nSPS) is 13.9. The Balaban J connectivity index is 2.93. The van der Waals surface area contributed by atoms with Crippen LogP contribution < -0.4 is 5.73 Å². The first-order valence-corrected chi connectivity index (χ1v) is 5.63. The minimum Gasteiger partial charge on any atom is -0.390 e. The Morgan fingerprint density at radius 3 is 2.44 bits per heavy atom. The molecule has 0 aliphatic heterocycles. The summed E-state index contributed by atoms with van der Waals surface area (Å²) in [5.41, 5.74) is 6.05. The van der Waals surface area contributed by atoms with E-state index in [0.29, 0.717) is 11.1 Å². The van der Waals surface area contributed by atoms with Crippen LogP contribution >= 0.6 is 0 Å². The van der Waals surface area contributed by atoms with E-state index in [1.807, 2.05) is 0 Å². The largest absolute Gasteiger partial charge is 0.390 e. The van der Waals surface area contributed by atoms with Crippen molar-refractivity contribution in [3.63, 3.8) is 0 Å². The van der Waals surface area contributed by atoms with Gasteiger partial charge in [-0.05, 0) is 18.1 Å². The summed E-state index contributed by atoms with van der Waals surface area (Å²) in [5.74, 6) is -0.732. The third-order valence-electron chi connectivity index (χ3n) is 2.59. The summed E-state index contributed by atoms with van der Waals surface area (Å²) in [4.78, 5) is 21.8. The number of Topliss-reactive ketones (excluding diaryl/α,β-unsaturated/α-hetero) is 1. The minimum absolute atomic E-state index is 0.0426. The van der Waals surface area contributed by atoms with E-state index in [2.05, 4.69) is 0 Å². The molecule has 0 spiro atoms. The smallest absolute Gasteiger partial charge is 0.220 e. The van der Waals surface area contributed by atoms with Gasteiger partial charge in [-0.15, -0.1) is 0 Å². The second-order valence-corrected chi connectivity index (χ2v) is 4.26. The Morgan fingerprint density at radius 2 is 1.89 bits per heavy atom. The molecule has 2 unspecified atom stereocenters. The molecule has 0 bridgehead atoms. The molecule has 18 heavy (non-hydrogen) atoms. The fourth-order valence-electron chi connectivity index (χ4n) is 1.78. The van der Waals surface area contributed by atoms with Gasteiger partial charge in [0.05, 0.1) is 12.5 Å². The average Bonchev–Trinajstić information content (AvgIpc) is 2.27. The van der Waals surface area contributed by atoms with Crippen LogP contribution in [-0.2, 0) is 16.0 Å². The van der Waals surface area contributed by atoms with E-state index in [4.69, 9.17) is 5.73 Å². The minimum atomic E-state index is -1.27. The number of hydrogen-bond donors (Lipinski definition) is 3.